The first-order valence-electron chi connectivity index (χ1n) is 5.14. The molecule has 4 nitrogen and oxygen atoms in total. The van der Waals surface area contributed by atoms with Crippen molar-refractivity contribution in [1.82, 2.24) is 0 Å². The Labute approximate surface area is 103 Å². The van der Waals surface area contributed by atoms with Crippen molar-refractivity contribution in [2.24, 2.45) is 0 Å². The average Bonchev–Trinajstić information content (AvgIpc) is 2.36. The zero-order chi connectivity index (χ0) is 13.7. The van der Waals surface area contributed by atoms with E-state index >= 15 is 0 Å². The van der Waals surface area contributed by atoms with Crippen molar-refractivity contribution >= 4 is 5.97 Å². The van der Waals surface area contributed by atoms with Crippen LogP contribution in [0.2, 0.25) is 0 Å². The van der Waals surface area contributed by atoms with Crippen molar-refractivity contribution < 1.29 is 23.0 Å². The number of ether oxygens (including phenoxy) is 2. The molecule has 0 atom stereocenters. The average molecular weight is 255 g/mol. The van der Waals surface area contributed by atoms with Crippen LogP contribution < -0.4 is 4.74 Å². The molecule has 0 spiro atoms. The van der Waals surface area contributed by atoms with Crippen LogP contribution in [0.15, 0.2) is 12.1 Å². The summed E-state index contributed by atoms with van der Waals surface area (Å²) < 4.78 is 33.2. The third kappa shape index (κ3) is 2.74. The van der Waals surface area contributed by atoms with Gasteiger partial charge in [0.25, 0.3) is 0 Å². The van der Waals surface area contributed by atoms with Crippen molar-refractivity contribution in [2.75, 3.05) is 7.11 Å². The molecule has 0 unspecified atom stereocenters. The molecule has 0 saturated heterocycles. The number of halogens is 2. The molecule has 1 rings (SSSR count). The van der Waals surface area contributed by atoms with Gasteiger partial charge in [0.05, 0.1) is 18.2 Å². The van der Waals surface area contributed by atoms with Crippen molar-refractivity contribution in [3.63, 3.8) is 0 Å². The fraction of sp³-hybridized carbons (Fsp3) is 0.333. The van der Waals surface area contributed by atoms with Gasteiger partial charge >= 0.3 is 12.6 Å². The summed E-state index contributed by atoms with van der Waals surface area (Å²) in [5.41, 5.74) is 0.307. The second-order valence-corrected chi connectivity index (χ2v) is 3.30. The van der Waals surface area contributed by atoms with E-state index < -0.39 is 12.6 Å². The molecule has 0 bridgehead atoms. The van der Waals surface area contributed by atoms with Gasteiger partial charge in [0.1, 0.15) is 11.8 Å². The second kappa shape index (κ2) is 5.96. The van der Waals surface area contributed by atoms with Gasteiger partial charge in [-0.05, 0) is 18.6 Å². The summed E-state index contributed by atoms with van der Waals surface area (Å²) in [5.74, 6) is -0.790. The number of hydrogen-bond acceptors (Lipinski definition) is 4. The van der Waals surface area contributed by atoms with E-state index in [4.69, 9.17) is 5.26 Å². The topological polar surface area (TPSA) is 59.3 Å². The van der Waals surface area contributed by atoms with Gasteiger partial charge in [0.2, 0.25) is 0 Å². The molecule has 0 aromatic heterocycles. The van der Waals surface area contributed by atoms with E-state index in [9.17, 15) is 13.6 Å². The molecule has 0 aliphatic heterocycles. The van der Waals surface area contributed by atoms with E-state index in [1.54, 1.807) is 6.92 Å². The van der Waals surface area contributed by atoms with E-state index in [1.165, 1.54) is 19.2 Å². The van der Waals surface area contributed by atoms with Gasteiger partial charge in [0.15, 0.2) is 0 Å². The molecule has 0 saturated carbocycles. The molecule has 96 valence electrons. The maximum absolute atomic E-state index is 12.2. The monoisotopic (exact) mass is 255 g/mol. The number of esters is 1. The van der Waals surface area contributed by atoms with E-state index in [1.807, 2.05) is 6.07 Å². The molecule has 0 fully saturated rings. The number of carbonyl (C=O) groups is 1. The van der Waals surface area contributed by atoms with E-state index in [0.717, 1.165) is 0 Å². The minimum Gasteiger partial charge on any atom is -0.465 e. The van der Waals surface area contributed by atoms with Crippen LogP contribution in [0.3, 0.4) is 0 Å². The molecular formula is C12H11F2NO3. The van der Waals surface area contributed by atoms with Crippen LogP contribution in [-0.2, 0) is 11.2 Å². The Hall–Kier alpha value is -2.16. The van der Waals surface area contributed by atoms with Gasteiger partial charge in [-0.1, -0.05) is 6.92 Å². The number of nitrogens with zero attached hydrogens (tertiary/aromatic N) is 1. The smallest absolute Gasteiger partial charge is 0.387 e. The fourth-order valence-electron chi connectivity index (χ4n) is 1.59. The first-order valence-corrected chi connectivity index (χ1v) is 5.14. The Morgan fingerprint density at radius 1 is 1.50 bits per heavy atom. The predicted octanol–water partition coefficient (Wildman–Crippen LogP) is 2.51. The maximum Gasteiger partial charge on any atom is 0.387 e. The van der Waals surface area contributed by atoms with Crippen molar-refractivity contribution in [1.29, 1.82) is 5.26 Å². The lowest BCUT2D eigenvalue weighted by Gasteiger charge is -2.13. The summed E-state index contributed by atoms with van der Waals surface area (Å²) in [6, 6.07) is 4.29. The Bertz CT molecular complexity index is 495. The van der Waals surface area contributed by atoms with E-state index in [-0.39, 0.29) is 28.9 Å². The number of alkyl halides is 2. The van der Waals surface area contributed by atoms with Crippen LogP contribution in [0.1, 0.15) is 28.4 Å². The molecule has 0 radical (unpaired) electrons. The highest BCUT2D eigenvalue weighted by Crippen LogP contribution is 2.27. The molecule has 1 aromatic rings. The number of carbonyl (C=O) groups excluding carboxylic acids is 1. The van der Waals surface area contributed by atoms with Gasteiger partial charge in [-0.2, -0.15) is 14.0 Å². The summed E-state index contributed by atoms with van der Waals surface area (Å²) in [5, 5.41) is 9.03. The van der Waals surface area contributed by atoms with Gasteiger partial charge in [0, 0.05) is 5.56 Å². The molecule has 18 heavy (non-hydrogen) atoms. The van der Waals surface area contributed by atoms with Crippen LogP contribution in [-0.4, -0.2) is 19.7 Å². The largest absolute Gasteiger partial charge is 0.465 e. The quantitative estimate of drug-likeness (QED) is 0.775. The Morgan fingerprint density at radius 2 is 2.17 bits per heavy atom. The van der Waals surface area contributed by atoms with Gasteiger partial charge in [-0.3, -0.25) is 0 Å². The molecule has 1 aromatic carbocycles. The lowest BCUT2D eigenvalue weighted by atomic mass is 9.99. The third-order valence-corrected chi connectivity index (χ3v) is 2.36. The molecular weight excluding hydrogens is 244 g/mol. The van der Waals surface area contributed by atoms with Crippen LogP contribution in [0, 0.1) is 11.3 Å². The van der Waals surface area contributed by atoms with Crippen LogP contribution >= 0.6 is 0 Å². The van der Waals surface area contributed by atoms with Gasteiger partial charge in [-0.25, -0.2) is 4.79 Å². The minimum atomic E-state index is -2.98. The van der Waals surface area contributed by atoms with Crippen molar-refractivity contribution in [3.8, 4) is 11.8 Å². The second-order valence-electron chi connectivity index (χ2n) is 3.30. The highest BCUT2D eigenvalue weighted by Gasteiger charge is 2.19. The number of benzene rings is 1. The van der Waals surface area contributed by atoms with Gasteiger partial charge in [-0.15, -0.1) is 0 Å². The molecule has 0 aliphatic carbocycles. The summed E-state index contributed by atoms with van der Waals surface area (Å²) in [4.78, 5) is 11.4. The Balaban J connectivity index is 3.37. The highest BCUT2D eigenvalue weighted by atomic mass is 19.3. The van der Waals surface area contributed by atoms with Crippen LogP contribution in [0.4, 0.5) is 8.78 Å². The Kier molecular flexibility index (Phi) is 4.60. The molecule has 6 heteroatoms. The zero-order valence-electron chi connectivity index (χ0n) is 9.87. The normalized spacial score (nSPS) is 10.0. The molecule has 0 amide bonds. The number of hydrogen-bond donors (Lipinski definition) is 0. The van der Waals surface area contributed by atoms with Crippen LogP contribution in [0.5, 0.6) is 5.75 Å². The Morgan fingerprint density at radius 3 is 2.61 bits per heavy atom. The van der Waals surface area contributed by atoms with E-state index in [0.29, 0.717) is 0 Å². The lowest BCUT2D eigenvalue weighted by molar-refractivity contribution is -0.0504. The van der Waals surface area contributed by atoms with Crippen molar-refractivity contribution in [2.45, 2.75) is 20.0 Å². The summed E-state index contributed by atoms with van der Waals surface area (Å²) >= 11 is 0. The van der Waals surface area contributed by atoms with Crippen molar-refractivity contribution in [3.05, 3.63) is 28.8 Å². The fourth-order valence-corrected chi connectivity index (χ4v) is 1.59. The zero-order valence-corrected chi connectivity index (χ0v) is 9.87. The number of methoxy groups -OCH3 is 1. The summed E-state index contributed by atoms with van der Waals surface area (Å²) in [7, 11) is 1.18. The van der Waals surface area contributed by atoms with Crippen LogP contribution in [0.25, 0.3) is 0 Å². The third-order valence-electron chi connectivity index (χ3n) is 2.36. The summed E-state index contributed by atoms with van der Waals surface area (Å²) in [6.45, 7) is -1.30. The molecule has 0 N–H and O–H groups in total. The maximum atomic E-state index is 12.2. The number of nitriles is 1. The van der Waals surface area contributed by atoms with Gasteiger partial charge < -0.3 is 9.47 Å². The minimum absolute atomic E-state index is 0.00231. The molecule has 0 heterocycles. The predicted molar refractivity (Wildman–Crippen MR) is 58.5 cm³/mol. The first-order chi connectivity index (χ1) is 8.54. The SMILES string of the molecule is CCc1c(OC(F)F)ccc(C(=O)OC)c1C#N. The number of rotatable bonds is 4. The first kappa shape index (κ1) is 13.9. The summed E-state index contributed by atoms with van der Waals surface area (Å²) in [6.07, 6.45) is 0.287. The van der Waals surface area contributed by atoms with E-state index in [2.05, 4.69) is 9.47 Å². The lowest BCUT2D eigenvalue weighted by Crippen LogP contribution is -2.10. The standard InChI is InChI=1S/C12H11F2NO3/c1-3-7-9(6-15)8(11(16)17-2)4-5-10(7)18-12(13)14/h4-5,12H,3H2,1-2H3. The molecule has 0 aliphatic rings. The highest BCUT2D eigenvalue weighted by molar-refractivity contribution is 5.93.